The Hall–Kier alpha value is -1.26. The number of carbonyl (C=O) groups is 1. The molecular weight excluding hydrogens is 529 g/mol. The third-order valence-corrected chi connectivity index (χ3v) is 6.26. The molecule has 0 radical (unpaired) electrons. The van der Waals surface area contributed by atoms with Crippen LogP contribution in [0.4, 0.5) is 5.69 Å². The highest BCUT2D eigenvalue weighted by molar-refractivity contribution is 14.0. The van der Waals surface area contributed by atoms with Gasteiger partial charge in [0.25, 0.3) is 0 Å². The van der Waals surface area contributed by atoms with Crippen LogP contribution in [0.25, 0.3) is 0 Å². The summed E-state index contributed by atoms with van der Waals surface area (Å²) in [6.07, 6.45) is 2.73. The van der Waals surface area contributed by atoms with E-state index in [0.29, 0.717) is 0 Å². The first-order valence-electron chi connectivity index (χ1n) is 10.9. The lowest BCUT2D eigenvalue weighted by atomic mass is 9.97. The molecule has 174 valence electrons. The Kier molecular flexibility index (Phi) is 11.2. The van der Waals surface area contributed by atoms with Crippen LogP contribution in [-0.2, 0) is 9.53 Å². The van der Waals surface area contributed by atoms with Crippen molar-refractivity contribution in [3.8, 4) is 0 Å². The van der Waals surface area contributed by atoms with Crippen molar-refractivity contribution in [2.24, 2.45) is 10.9 Å². The maximum absolute atomic E-state index is 11.7. The number of methoxy groups -OCH3 is 1. The maximum Gasteiger partial charge on any atom is 0.308 e. The zero-order valence-corrected chi connectivity index (χ0v) is 21.6. The van der Waals surface area contributed by atoms with Gasteiger partial charge in [0, 0.05) is 63.6 Å². The van der Waals surface area contributed by atoms with Crippen LogP contribution in [0.3, 0.4) is 0 Å². The van der Waals surface area contributed by atoms with Crippen molar-refractivity contribution in [1.29, 1.82) is 0 Å². The molecule has 0 aliphatic carbocycles. The lowest BCUT2D eigenvalue weighted by molar-refractivity contribution is -0.146. The molecule has 31 heavy (non-hydrogen) atoms. The van der Waals surface area contributed by atoms with Gasteiger partial charge in [-0.05, 0) is 44.0 Å². The normalized spacial score (nSPS) is 18.5. The fourth-order valence-corrected chi connectivity index (χ4v) is 4.42. The van der Waals surface area contributed by atoms with E-state index in [9.17, 15) is 4.79 Å². The number of carbonyl (C=O) groups excluding carboxylic acids is 1. The number of anilines is 1. The molecule has 0 aromatic heterocycles. The Bertz CT molecular complexity index is 720. The predicted molar refractivity (Wildman–Crippen MR) is 138 cm³/mol. The van der Waals surface area contributed by atoms with Crippen molar-refractivity contribution in [3.05, 3.63) is 29.3 Å². The summed E-state index contributed by atoms with van der Waals surface area (Å²) < 4.78 is 4.87. The van der Waals surface area contributed by atoms with Crippen molar-refractivity contribution in [1.82, 2.24) is 15.1 Å². The van der Waals surface area contributed by atoms with E-state index in [4.69, 9.17) is 16.3 Å². The van der Waals surface area contributed by atoms with Crippen LogP contribution in [0.15, 0.2) is 29.3 Å². The number of hydrogen-bond donors (Lipinski definition) is 1. The minimum Gasteiger partial charge on any atom is -0.469 e. The van der Waals surface area contributed by atoms with Crippen molar-refractivity contribution < 1.29 is 9.53 Å². The van der Waals surface area contributed by atoms with Crippen molar-refractivity contribution in [3.63, 3.8) is 0 Å². The molecule has 0 saturated carbocycles. The Labute approximate surface area is 208 Å². The molecule has 0 atom stereocenters. The quantitative estimate of drug-likeness (QED) is 0.189. The summed E-state index contributed by atoms with van der Waals surface area (Å²) in [6.45, 7) is 7.87. The predicted octanol–water partition coefficient (Wildman–Crippen LogP) is 2.93. The Morgan fingerprint density at radius 3 is 2.52 bits per heavy atom. The van der Waals surface area contributed by atoms with Gasteiger partial charge in [-0.2, -0.15) is 0 Å². The molecule has 2 aliphatic heterocycles. The number of nitrogens with zero attached hydrogens (tertiary/aromatic N) is 4. The largest absolute Gasteiger partial charge is 0.469 e. The van der Waals surface area contributed by atoms with E-state index in [1.165, 1.54) is 12.8 Å². The van der Waals surface area contributed by atoms with Gasteiger partial charge in [-0.25, -0.2) is 0 Å². The number of benzene rings is 1. The Morgan fingerprint density at radius 1 is 1.19 bits per heavy atom. The highest BCUT2D eigenvalue weighted by atomic mass is 127. The third-order valence-electron chi connectivity index (χ3n) is 6.02. The zero-order valence-electron chi connectivity index (χ0n) is 18.6. The molecule has 0 bridgehead atoms. The average Bonchev–Trinajstić information content (AvgIpc) is 2.79. The molecule has 1 aromatic carbocycles. The fraction of sp³-hybridized carbons (Fsp3) is 0.636. The number of guanidine groups is 1. The lowest BCUT2D eigenvalue weighted by Crippen LogP contribution is -2.48. The highest BCUT2D eigenvalue weighted by Crippen LogP contribution is 2.21. The zero-order chi connectivity index (χ0) is 21.3. The van der Waals surface area contributed by atoms with Crippen LogP contribution in [-0.4, -0.2) is 88.2 Å². The summed E-state index contributed by atoms with van der Waals surface area (Å²) in [6, 6.07) is 8.11. The standard InChI is InChI=1S/C22H34ClN5O2.HI/c1-24-22(28-11-7-18(8-12-28)21(29)30-2)25-9-4-10-26-13-15-27(16-14-26)20-6-3-5-19(23)17-20;/h3,5-6,17-18H,4,7-16H2,1-2H3,(H,24,25);1H. The number of halogens is 2. The van der Waals surface area contributed by atoms with Crippen molar-refractivity contribution in [2.75, 3.05) is 71.4 Å². The van der Waals surface area contributed by atoms with Gasteiger partial charge in [0.1, 0.15) is 0 Å². The molecule has 9 heteroatoms. The average molecular weight is 564 g/mol. The number of esters is 1. The monoisotopic (exact) mass is 563 g/mol. The van der Waals surface area contributed by atoms with Crippen molar-refractivity contribution in [2.45, 2.75) is 19.3 Å². The van der Waals surface area contributed by atoms with E-state index in [1.807, 2.05) is 25.2 Å². The number of aliphatic imine (C=N–C) groups is 1. The number of piperazine rings is 1. The van der Waals surface area contributed by atoms with Gasteiger partial charge in [-0.1, -0.05) is 17.7 Å². The van der Waals surface area contributed by atoms with Crippen LogP contribution in [0.2, 0.25) is 5.02 Å². The van der Waals surface area contributed by atoms with Gasteiger partial charge in [0.2, 0.25) is 0 Å². The van der Waals surface area contributed by atoms with Gasteiger partial charge in [0.15, 0.2) is 5.96 Å². The molecule has 2 aliphatic rings. The highest BCUT2D eigenvalue weighted by Gasteiger charge is 2.27. The van der Waals surface area contributed by atoms with E-state index >= 15 is 0 Å². The smallest absolute Gasteiger partial charge is 0.308 e. The number of ether oxygens (including phenoxy) is 1. The molecule has 1 N–H and O–H groups in total. The van der Waals surface area contributed by atoms with E-state index in [0.717, 1.165) is 82.6 Å². The topological polar surface area (TPSA) is 60.4 Å². The molecule has 0 spiro atoms. The molecular formula is C22H35ClIN5O2. The van der Waals surface area contributed by atoms with Gasteiger partial charge in [0.05, 0.1) is 13.0 Å². The van der Waals surface area contributed by atoms with Crippen LogP contribution in [0.5, 0.6) is 0 Å². The van der Waals surface area contributed by atoms with Gasteiger partial charge >= 0.3 is 5.97 Å². The number of likely N-dealkylation sites (tertiary alicyclic amines) is 1. The molecule has 2 heterocycles. The first kappa shape index (κ1) is 26.0. The summed E-state index contributed by atoms with van der Waals surface area (Å²) in [7, 11) is 3.29. The summed E-state index contributed by atoms with van der Waals surface area (Å²) in [5.41, 5.74) is 1.21. The summed E-state index contributed by atoms with van der Waals surface area (Å²) in [5.74, 6) is 0.868. The second-order valence-corrected chi connectivity index (χ2v) is 8.36. The number of nitrogens with one attached hydrogen (secondary N) is 1. The van der Waals surface area contributed by atoms with E-state index in [1.54, 1.807) is 0 Å². The fourth-order valence-electron chi connectivity index (χ4n) is 4.23. The first-order valence-corrected chi connectivity index (χ1v) is 11.2. The van der Waals surface area contributed by atoms with Gasteiger partial charge in [-0.3, -0.25) is 14.7 Å². The molecule has 2 saturated heterocycles. The van der Waals surface area contributed by atoms with Crippen LogP contribution >= 0.6 is 35.6 Å². The molecule has 0 unspecified atom stereocenters. The maximum atomic E-state index is 11.7. The van der Waals surface area contributed by atoms with Gasteiger partial charge < -0.3 is 19.9 Å². The second-order valence-electron chi connectivity index (χ2n) is 7.92. The van der Waals surface area contributed by atoms with Crippen LogP contribution in [0.1, 0.15) is 19.3 Å². The minimum absolute atomic E-state index is 0. The molecule has 3 rings (SSSR count). The molecule has 0 amide bonds. The summed E-state index contributed by atoms with van der Waals surface area (Å²) in [4.78, 5) is 23.3. The number of piperidine rings is 1. The molecule has 1 aromatic rings. The summed E-state index contributed by atoms with van der Waals surface area (Å²) in [5, 5.41) is 4.28. The number of hydrogen-bond acceptors (Lipinski definition) is 5. The van der Waals surface area contributed by atoms with Gasteiger partial charge in [-0.15, -0.1) is 24.0 Å². The van der Waals surface area contributed by atoms with Crippen molar-refractivity contribution >= 4 is 53.2 Å². The first-order chi connectivity index (χ1) is 14.6. The minimum atomic E-state index is -0.0898. The van der Waals surface area contributed by atoms with Crippen LogP contribution in [0, 0.1) is 5.92 Å². The van der Waals surface area contributed by atoms with E-state index < -0.39 is 0 Å². The Morgan fingerprint density at radius 2 is 1.90 bits per heavy atom. The molecule has 7 nitrogen and oxygen atoms in total. The third kappa shape index (κ3) is 7.68. The summed E-state index contributed by atoms with van der Waals surface area (Å²) >= 11 is 6.12. The SMILES string of the molecule is CN=C(NCCCN1CCN(c2cccc(Cl)c2)CC1)N1CCC(C(=O)OC)CC1.I. The van der Waals surface area contributed by atoms with E-state index in [2.05, 4.69) is 31.1 Å². The lowest BCUT2D eigenvalue weighted by Gasteiger charge is -2.36. The number of rotatable bonds is 6. The molecule has 2 fully saturated rings. The second kappa shape index (κ2) is 13.3. The Balaban J connectivity index is 0.00000341. The van der Waals surface area contributed by atoms with E-state index in [-0.39, 0.29) is 35.9 Å². The van der Waals surface area contributed by atoms with Crippen LogP contribution < -0.4 is 10.2 Å².